The van der Waals surface area contributed by atoms with Crippen LogP contribution in [0.1, 0.15) is 48.9 Å². The molecule has 0 aliphatic heterocycles. The highest BCUT2D eigenvalue weighted by Crippen LogP contribution is 2.19. The molecule has 1 heterocycles. The molecule has 1 aromatic heterocycles. The lowest BCUT2D eigenvalue weighted by Gasteiger charge is -2.15. The van der Waals surface area contributed by atoms with E-state index in [9.17, 15) is 4.79 Å². The second-order valence-corrected chi connectivity index (χ2v) is 6.02. The summed E-state index contributed by atoms with van der Waals surface area (Å²) in [6.45, 7) is 1.01. The van der Waals surface area contributed by atoms with Gasteiger partial charge < -0.3 is 10.1 Å². The Labute approximate surface area is 135 Å². The zero-order chi connectivity index (χ0) is 15.1. The van der Waals surface area contributed by atoms with Crippen LogP contribution >= 0.6 is 23.2 Å². The number of hydrogen-bond donors (Lipinski definition) is 1. The van der Waals surface area contributed by atoms with Crippen molar-refractivity contribution in [2.24, 2.45) is 0 Å². The first-order valence-electron chi connectivity index (χ1n) is 7.38. The Bertz CT molecular complexity index is 454. The number of nitrogens with one attached hydrogen (secondary N) is 1. The van der Waals surface area contributed by atoms with Crippen molar-refractivity contribution in [1.82, 2.24) is 10.3 Å². The van der Waals surface area contributed by atoms with Gasteiger partial charge in [0.2, 0.25) is 0 Å². The Hall–Kier alpha value is -0.840. The summed E-state index contributed by atoms with van der Waals surface area (Å²) in [5, 5.41) is 3.22. The number of rotatable bonds is 5. The molecule has 1 saturated carbocycles. The van der Waals surface area contributed by atoms with E-state index in [-0.39, 0.29) is 16.2 Å². The predicted molar refractivity (Wildman–Crippen MR) is 84.0 cm³/mol. The van der Waals surface area contributed by atoms with Crippen molar-refractivity contribution in [2.45, 2.75) is 44.6 Å². The van der Waals surface area contributed by atoms with E-state index in [2.05, 4.69) is 10.3 Å². The number of ether oxygens (including phenoxy) is 1. The third-order valence-electron chi connectivity index (χ3n) is 3.57. The minimum absolute atomic E-state index is 0.211. The summed E-state index contributed by atoms with van der Waals surface area (Å²) < 4.78 is 5.82. The second kappa shape index (κ2) is 8.57. The Kier molecular flexibility index (Phi) is 6.74. The van der Waals surface area contributed by atoms with E-state index in [0.29, 0.717) is 24.8 Å². The first-order valence-corrected chi connectivity index (χ1v) is 8.13. The molecule has 1 fully saturated rings. The number of hydrogen-bond acceptors (Lipinski definition) is 3. The van der Waals surface area contributed by atoms with Gasteiger partial charge in [0.15, 0.2) is 0 Å². The van der Waals surface area contributed by atoms with Crippen LogP contribution in [0, 0.1) is 0 Å². The van der Waals surface area contributed by atoms with Gasteiger partial charge in [-0.05, 0) is 25.0 Å². The molecule has 1 aliphatic rings. The van der Waals surface area contributed by atoms with Crippen LogP contribution in [0.15, 0.2) is 12.1 Å². The third kappa shape index (κ3) is 5.81. The smallest absolute Gasteiger partial charge is 0.251 e. The van der Waals surface area contributed by atoms with Gasteiger partial charge in [0, 0.05) is 12.1 Å². The second-order valence-electron chi connectivity index (χ2n) is 5.24. The molecule has 0 saturated heterocycles. The van der Waals surface area contributed by atoms with Crippen LogP contribution in [-0.2, 0) is 4.74 Å². The summed E-state index contributed by atoms with van der Waals surface area (Å²) in [7, 11) is 0. The zero-order valence-electron chi connectivity index (χ0n) is 11.9. The quantitative estimate of drug-likeness (QED) is 0.506. The maximum absolute atomic E-state index is 11.9. The highest BCUT2D eigenvalue weighted by molar-refractivity contribution is 6.33. The molecule has 1 aromatic rings. The van der Waals surface area contributed by atoms with E-state index in [1.807, 2.05) is 0 Å². The van der Waals surface area contributed by atoms with Gasteiger partial charge >= 0.3 is 0 Å². The molecule has 4 nitrogen and oxygen atoms in total. The van der Waals surface area contributed by atoms with Crippen LogP contribution in [0.2, 0.25) is 10.3 Å². The Morgan fingerprint density at radius 2 is 1.81 bits per heavy atom. The van der Waals surface area contributed by atoms with E-state index in [0.717, 1.165) is 12.8 Å². The molecule has 0 aromatic carbocycles. The minimum Gasteiger partial charge on any atom is -0.376 e. The number of aromatic nitrogens is 1. The van der Waals surface area contributed by atoms with Gasteiger partial charge in [0.05, 0.1) is 12.7 Å². The molecule has 0 bridgehead atoms. The molecule has 21 heavy (non-hydrogen) atoms. The van der Waals surface area contributed by atoms with Gasteiger partial charge in [-0.3, -0.25) is 4.79 Å². The van der Waals surface area contributed by atoms with Crippen molar-refractivity contribution in [3.8, 4) is 0 Å². The molecule has 116 valence electrons. The molecule has 0 spiro atoms. The van der Waals surface area contributed by atoms with Crippen LogP contribution in [0.25, 0.3) is 0 Å². The van der Waals surface area contributed by atoms with Gasteiger partial charge in [-0.25, -0.2) is 4.98 Å². The fraction of sp³-hybridized carbons (Fsp3) is 0.600. The number of nitrogens with zero attached hydrogens (tertiary/aromatic N) is 1. The van der Waals surface area contributed by atoms with Crippen LogP contribution in [0.5, 0.6) is 0 Å². The summed E-state index contributed by atoms with van der Waals surface area (Å²) in [5.74, 6) is -0.217. The molecule has 0 radical (unpaired) electrons. The van der Waals surface area contributed by atoms with E-state index in [1.165, 1.54) is 37.8 Å². The van der Waals surface area contributed by atoms with E-state index in [1.54, 1.807) is 0 Å². The lowest BCUT2D eigenvalue weighted by atomic mass is 10.1. The Morgan fingerprint density at radius 1 is 1.19 bits per heavy atom. The van der Waals surface area contributed by atoms with Crippen molar-refractivity contribution >= 4 is 29.1 Å². The van der Waals surface area contributed by atoms with Gasteiger partial charge in [0.25, 0.3) is 5.91 Å². The van der Waals surface area contributed by atoms with E-state index >= 15 is 0 Å². The summed E-state index contributed by atoms with van der Waals surface area (Å²) in [4.78, 5) is 15.8. The molecular formula is C15H20Cl2N2O2. The molecule has 1 N–H and O–H groups in total. The molecule has 6 heteroatoms. The maximum atomic E-state index is 11.9. The maximum Gasteiger partial charge on any atom is 0.251 e. The predicted octanol–water partition coefficient (Wildman–Crippen LogP) is 3.86. The monoisotopic (exact) mass is 330 g/mol. The summed E-state index contributed by atoms with van der Waals surface area (Å²) in [6, 6.07) is 2.99. The molecule has 1 aliphatic carbocycles. The Morgan fingerprint density at radius 3 is 2.43 bits per heavy atom. The van der Waals surface area contributed by atoms with Crippen molar-refractivity contribution in [3.63, 3.8) is 0 Å². The standard InChI is InChI=1S/C15H20Cl2N2O2/c16-13-9-11(10-14(17)19-13)15(20)18-7-8-21-12-5-3-1-2-4-6-12/h9-10,12H,1-8H2,(H,18,20). The molecule has 1 amide bonds. The summed E-state index contributed by atoms with van der Waals surface area (Å²) in [5.41, 5.74) is 0.412. The average Bonchev–Trinajstić information content (AvgIpc) is 2.71. The lowest BCUT2D eigenvalue weighted by Crippen LogP contribution is -2.28. The molecular weight excluding hydrogens is 311 g/mol. The average molecular weight is 331 g/mol. The highest BCUT2D eigenvalue weighted by atomic mass is 35.5. The number of carbonyl (C=O) groups is 1. The van der Waals surface area contributed by atoms with Crippen LogP contribution in [0.3, 0.4) is 0 Å². The SMILES string of the molecule is O=C(NCCOC1CCCCCC1)c1cc(Cl)nc(Cl)c1. The molecule has 2 rings (SSSR count). The van der Waals surface area contributed by atoms with Crippen LogP contribution in [-0.4, -0.2) is 30.1 Å². The van der Waals surface area contributed by atoms with Gasteiger partial charge in [0.1, 0.15) is 10.3 Å². The third-order valence-corrected chi connectivity index (χ3v) is 3.96. The normalized spacial score (nSPS) is 16.5. The summed E-state index contributed by atoms with van der Waals surface area (Å²) in [6.07, 6.45) is 7.69. The number of halogens is 2. The first-order chi connectivity index (χ1) is 10.1. The van der Waals surface area contributed by atoms with Gasteiger partial charge in [-0.1, -0.05) is 48.9 Å². The fourth-order valence-corrected chi connectivity index (χ4v) is 2.96. The minimum atomic E-state index is -0.217. The van der Waals surface area contributed by atoms with Crippen molar-refractivity contribution < 1.29 is 9.53 Å². The lowest BCUT2D eigenvalue weighted by molar-refractivity contribution is 0.0442. The topological polar surface area (TPSA) is 51.2 Å². The zero-order valence-corrected chi connectivity index (χ0v) is 13.4. The Balaban J connectivity index is 1.71. The van der Waals surface area contributed by atoms with Crippen molar-refractivity contribution in [2.75, 3.05) is 13.2 Å². The fourth-order valence-electron chi connectivity index (χ4n) is 2.50. The van der Waals surface area contributed by atoms with Crippen molar-refractivity contribution in [1.29, 1.82) is 0 Å². The largest absolute Gasteiger partial charge is 0.376 e. The first kappa shape index (κ1) is 16.5. The van der Waals surface area contributed by atoms with E-state index < -0.39 is 0 Å². The summed E-state index contributed by atoms with van der Waals surface area (Å²) >= 11 is 11.5. The van der Waals surface area contributed by atoms with Gasteiger partial charge in [-0.2, -0.15) is 0 Å². The number of pyridine rings is 1. The number of amides is 1. The van der Waals surface area contributed by atoms with E-state index in [4.69, 9.17) is 27.9 Å². The van der Waals surface area contributed by atoms with Crippen molar-refractivity contribution in [3.05, 3.63) is 28.0 Å². The van der Waals surface area contributed by atoms with Crippen LogP contribution in [0.4, 0.5) is 0 Å². The number of carbonyl (C=O) groups excluding carboxylic acids is 1. The highest BCUT2D eigenvalue weighted by Gasteiger charge is 2.13. The molecule has 0 unspecified atom stereocenters. The van der Waals surface area contributed by atoms with Crippen LogP contribution < -0.4 is 5.32 Å². The molecule has 0 atom stereocenters. The van der Waals surface area contributed by atoms with Gasteiger partial charge in [-0.15, -0.1) is 0 Å².